The highest BCUT2D eigenvalue weighted by atomic mass is 16.7. The molecule has 1 amide bonds. The summed E-state index contributed by atoms with van der Waals surface area (Å²) in [6.45, 7) is 8.18. The minimum absolute atomic E-state index is 0.175. The number of hydrazine groups is 1. The van der Waals surface area contributed by atoms with Crippen molar-refractivity contribution in [1.29, 1.82) is 0 Å². The molecule has 1 unspecified atom stereocenters. The molecular formula is C16H24N4O3. The number of carbonyl (C=O) groups excluding carboxylic acids is 1. The number of aryl methyl sites for hydroxylation is 1. The van der Waals surface area contributed by atoms with Crippen LogP contribution in [0.5, 0.6) is 0 Å². The zero-order valence-corrected chi connectivity index (χ0v) is 14.3. The maximum absolute atomic E-state index is 12.4. The number of rotatable bonds is 4. The lowest BCUT2D eigenvalue weighted by Crippen LogP contribution is -2.42. The summed E-state index contributed by atoms with van der Waals surface area (Å²) in [5.74, 6) is -0.175. The van der Waals surface area contributed by atoms with Crippen molar-refractivity contribution < 1.29 is 14.6 Å². The van der Waals surface area contributed by atoms with Crippen molar-refractivity contribution in [2.24, 2.45) is 5.28 Å². The van der Waals surface area contributed by atoms with Gasteiger partial charge in [0.1, 0.15) is 0 Å². The number of hydrogen-bond donors (Lipinski definition) is 0. The molecule has 0 bridgehead atoms. The first kappa shape index (κ1) is 17.1. The largest absolute Gasteiger partial charge is 0.569 e. The Bertz CT molecular complexity index is 610. The molecule has 1 fully saturated rings. The van der Waals surface area contributed by atoms with Crippen LogP contribution in [0.25, 0.3) is 0 Å². The van der Waals surface area contributed by atoms with Crippen LogP contribution >= 0.6 is 0 Å². The Hall–Kier alpha value is -2.31. The zero-order chi connectivity index (χ0) is 17.2. The highest BCUT2D eigenvalue weighted by Crippen LogP contribution is 2.24. The summed E-state index contributed by atoms with van der Waals surface area (Å²) in [6, 6.07) is 7.72. The second-order valence-electron chi connectivity index (χ2n) is 6.74. The van der Waals surface area contributed by atoms with E-state index in [1.807, 2.05) is 52.0 Å². The first-order valence-electron chi connectivity index (χ1n) is 7.66. The Morgan fingerprint density at radius 1 is 1.43 bits per heavy atom. The van der Waals surface area contributed by atoms with E-state index in [1.54, 1.807) is 11.9 Å². The second kappa shape index (κ2) is 6.44. The quantitative estimate of drug-likeness (QED) is 0.486. The Labute approximate surface area is 136 Å². The van der Waals surface area contributed by atoms with Crippen LogP contribution in [0.4, 0.5) is 5.69 Å². The van der Waals surface area contributed by atoms with Gasteiger partial charge in [-0.2, -0.15) is 0 Å². The maximum atomic E-state index is 12.4. The molecule has 2 rings (SSSR count). The van der Waals surface area contributed by atoms with Gasteiger partial charge in [-0.05, 0) is 45.4 Å². The summed E-state index contributed by atoms with van der Waals surface area (Å²) in [5.41, 5.74) is 1.54. The topological polar surface area (TPSA) is 71.2 Å². The SMILES string of the molecule is Cc1cccc(N2CCC(O/N=[N+](\[O-])N(C)C(C)(C)C)C2=O)c1. The standard InChI is InChI=1S/C16H24N4O3/c1-12-7-6-8-13(11-12)19-10-9-14(15(19)21)23-17-20(22)18(5)16(2,3)4/h6-8,11,14H,9-10H2,1-5H3/b20-17-. The molecule has 23 heavy (non-hydrogen) atoms. The van der Waals surface area contributed by atoms with Crippen molar-refractivity contribution in [3.05, 3.63) is 35.0 Å². The molecule has 126 valence electrons. The van der Waals surface area contributed by atoms with Gasteiger partial charge in [-0.15, -0.1) is 5.01 Å². The molecule has 7 heteroatoms. The summed E-state index contributed by atoms with van der Waals surface area (Å²) < 4.78 is 0. The lowest BCUT2D eigenvalue weighted by Gasteiger charge is -2.26. The number of amides is 1. The molecule has 1 aliphatic rings. The number of benzene rings is 1. The fraction of sp³-hybridized carbons (Fsp3) is 0.562. The Morgan fingerprint density at radius 2 is 2.13 bits per heavy atom. The van der Waals surface area contributed by atoms with Gasteiger partial charge >= 0.3 is 0 Å². The van der Waals surface area contributed by atoms with Crippen molar-refractivity contribution in [3.63, 3.8) is 0 Å². The third-order valence-electron chi connectivity index (χ3n) is 3.94. The van der Waals surface area contributed by atoms with E-state index in [2.05, 4.69) is 5.28 Å². The summed E-state index contributed by atoms with van der Waals surface area (Å²) in [5, 5.41) is 16.8. The van der Waals surface area contributed by atoms with Crippen LogP contribution in [0.1, 0.15) is 32.8 Å². The van der Waals surface area contributed by atoms with Gasteiger partial charge in [-0.1, -0.05) is 12.1 Å². The van der Waals surface area contributed by atoms with Crippen molar-refractivity contribution in [2.75, 3.05) is 18.5 Å². The maximum Gasteiger partial charge on any atom is 0.271 e. The average molecular weight is 320 g/mol. The minimum Gasteiger partial charge on any atom is -0.569 e. The van der Waals surface area contributed by atoms with Crippen LogP contribution in [-0.2, 0) is 9.63 Å². The fourth-order valence-corrected chi connectivity index (χ4v) is 2.21. The third kappa shape index (κ3) is 3.91. The number of nitrogens with zero attached hydrogens (tertiary/aromatic N) is 4. The molecule has 1 atom stereocenters. The van der Waals surface area contributed by atoms with Gasteiger partial charge < -0.3 is 14.9 Å². The Morgan fingerprint density at radius 3 is 2.74 bits per heavy atom. The van der Waals surface area contributed by atoms with E-state index in [9.17, 15) is 10.0 Å². The molecule has 1 aliphatic heterocycles. The molecule has 1 aromatic carbocycles. The predicted octanol–water partition coefficient (Wildman–Crippen LogP) is 2.64. The smallest absolute Gasteiger partial charge is 0.271 e. The minimum atomic E-state index is -0.722. The van der Waals surface area contributed by atoms with E-state index in [1.165, 1.54) is 5.01 Å². The number of hydrogen-bond acceptors (Lipinski definition) is 4. The van der Waals surface area contributed by atoms with Crippen LogP contribution < -0.4 is 4.90 Å². The van der Waals surface area contributed by atoms with E-state index >= 15 is 0 Å². The summed E-state index contributed by atoms with van der Waals surface area (Å²) >= 11 is 0. The van der Waals surface area contributed by atoms with Crippen molar-refractivity contribution in [3.8, 4) is 0 Å². The summed E-state index contributed by atoms with van der Waals surface area (Å²) in [4.78, 5) is 19.6. The zero-order valence-electron chi connectivity index (χ0n) is 14.3. The van der Waals surface area contributed by atoms with Crippen LogP contribution in [0.3, 0.4) is 0 Å². The van der Waals surface area contributed by atoms with Gasteiger partial charge in [0.05, 0.1) is 17.6 Å². The Kier molecular flexibility index (Phi) is 4.77. The van der Waals surface area contributed by atoms with Gasteiger partial charge in [0.15, 0.2) is 0 Å². The van der Waals surface area contributed by atoms with Gasteiger partial charge in [0.25, 0.3) is 5.91 Å². The molecule has 0 radical (unpaired) electrons. The highest BCUT2D eigenvalue weighted by molar-refractivity contribution is 5.98. The average Bonchev–Trinajstić information content (AvgIpc) is 2.84. The van der Waals surface area contributed by atoms with Crippen LogP contribution in [0, 0.1) is 12.1 Å². The van der Waals surface area contributed by atoms with Crippen LogP contribution in [-0.4, -0.2) is 41.1 Å². The lowest BCUT2D eigenvalue weighted by molar-refractivity contribution is -0.720. The predicted molar refractivity (Wildman–Crippen MR) is 86.6 cm³/mol. The molecule has 0 aromatic heterocycles. The Balaban J connectivity index is 2.03. The van der Waals surface area contributed by atoms with Gasteiger partial charge in [0.2, 0.25) is 11.4 Å². The van der Waals surface area contributed by atoms with E-state index < -0.39 is 6.10 Å². The molecule has 1 aromatic rings. The third-order valence-corrected chi connectivity index (χ3v) is 3.94. The second-order valence-corrected chi connectivity index (χ2v) is 6.74. The lowest BCUT2D eigenvalue weighted by atomic mass is 10.1. The number of carbonyl (C=O) groups is 1. The summed E-state index contributed by atoms with van der Waals surface area (Å²) in [7, 11) is 1.62. The molecule has 7 nitrogen and oxygen atoms in total. The van der Waals surface area contributed by atoms with Crippen LogP contribution in [0.15, 0.2) is 29.5 Å². The van der Waals surface area contributed by atoms with Crippen molar-refractivity contribution in [2.45, 2.75) is 45.8 Å². The molecule has 0 saturated carbocycles. The molecular weight excluding hydrogens is 296 g/mol. The first-order chi connectivity index (χ1) is 10.7. The van der Waals surface area contributed by atoms with Gasteiger partial charge in [-0.25, -0.2) is 0 Å². The fourth-order valence-electron chi connectivity index (χ4n) is 2.21. The molecule has 0 aliphatic carbocycles. The molecule has 1 saturated heterocycles. The normalized spacial score (nSPS) is 19.2. The van der Waals surface area contributed by atoms with Crippen LogP contribution in [0.2, 0.25) is 0 Å². The van der Waals surface area contributed by atoms with E-state index in [-0.39, 0.29) is 11.4 Å². The molecule has 1 heterocycles. The van der Waals surface area contributed by atoms with Crippen molar-refractivity contribution in [1.82, 2.24) is 5.01 Å². The highest BCUT2D eigenvalue weighted by Gasteiger charge is 2.36. The van der Waals surface area contributed by atoms with Gasteiger partial charge in [0, 0.05) is 18.7 Å². The molecule has 0 spiro atoms. The van der Waals surface area contributed by atoms with E-state index in [0.29, 0.717) is 17.9 Å². The van der Waals surface area contributed by atoms with E-state index in [4.69, 9.17) is 4.84 Å². The van der Waals surface area contributed by atoms with E-state index in [0.717, 1.165) is 11.3 Å². The monoisotopic (exact) mass is 320 g/mol. The summed E-state index contributed by atoms with van der Waals surface area (Å²) in [6.07, 6.45) is -0.219. The number of anilines is 1. The van der Waals surface area contributed by atoms with Gasteiger partial charge in [-0.3, -0.25) is 4.79 Å². The van der Waals surface area contributed by atoms with Crippen molar-refractivity contribution >= 4 is 11.6 Å². The molecule has 0 N–H and O–H groups in total. The first-order valence-corrected chi connectivity index (χ1v) is 7.66.